The minimum Gasteiger partial charge on any atom is -0.329 e. The molecule has 1 N–H and O–H groups in total. The summed E-state index contributed by atoms with van der Waals surface area (Å²) in [5, 5.41) is 0.665. The first kappa shape index (κ1) is 13.3. The Morgan fingerprint density at radius 1 is 1.26 bits per heavy atom. The average molecular weight is 420 g/mol. The van der Waals surface area contributed by atoms with Gasteiger partial charge in [0.25, 0.3) is 0 Å². The zero-order valence-electron chi connectivity index (χ0n) is 9.32. The van der Waals surface area contributed by atoms with Crippen LogP contribution in [0.4, 0.5) is 0 Å². The molecule has 19 heavy (non-hydrogen) atoms. The smallest absolute Gasteiger partial charge is 0.184 e. The molecule has 2 heterocycles. The number of nitrogens with zero attached hydrogens (tertiary/aromatic N) is 2. The highest BCUT2D eigenvalue weighted by molar-refractivity contribution is 9.10. The fraction of sp³-hybridized carbons (Fsp3) is 0. The molecule has 96 valence electrons. The Hall–Kier alpha value is -0.690. The maximum atomic E-state index is 5.96. The van der Waals surface area contributed by atoms with Crippen LogP contribution >= 0.6 is 55.7 Å². The van der Waals surface area contributed by atoms with E-state index in [0.29, 0.717) is 9.79 Å². The predicted octanol–water partition coefficient (Wildman–Crippen LogP) is 5.26. The molecule has 0 aliphatic carbocycles. The van der Waals surface area contributed by atoms with Crippen LogP contribution in [-0.2, 0) is 0 Å². The standard InChI is InChI=1S/C12H6Br2ClN3S/c13-6-3-9-11(16-5-6)18(12(19)17-9)10-2-1-7(15)4-8(10)14/h1-5H,(H,17,19). The third kappa shape index (κ3) is 2.38. The lowest BCUT2D eigenvalue weighted by molar-refractivity contribution is 1.04. The van der Waals surface area contributed by atoms with Gasteiger partial charge in [0, 0.05) is 20.2 Å². The Morgan fingerprint density at radius 2 is 2.05 bits per heavy atom. The van der Waals surface area contributed by atoms with Crippen LogP contribution in [-0.4, -0.2) is 14.5 Å². The highest BCUT2D eigenvalue weighted by Gasteiger charge is 2.11. The van der Waals surface area contributed by atoms with E-state index < -0.39 is 0 Å². The number of hydrogen-bond donors (Lipinski definition) is 1. The normalized spacial score (nSPS) is 11.1. The van der Waals surface area contributed by atoms with Gasteiger partial charge in [0.05, 0.1) is 11.2 Å². The summed E-state index contributed by atoms with van der Waals surface area (Å²) in [5.74, 6) is 0. The number of fused-ring (bicyclic) bond motifs is 1. The number of benzene rings is 1. The summed E-state index contributed by atoms with van der Waals surface area (Å²) in [4.78, 5) is 7.55. The first-order valence-corrected chi connectivity index (χ1v) is 7.65. The van der Waals surface area contributed by atoms with E-state index >= 15 is 0 Å². The molecule has 2 aromatic heterocycles. The lowest BCUT2D eigenvalue weighted by Gasteiger charge is -2.06. The zero-order chi connectivity index (χ0) is 13.6. The molecule has 0 spiro atoms. The molecule has 0 bridgehead atoms. The number of rotatable bonds is 1. The second-order valence-electron chi connectivity index (χ2n) is 3.89. The largest absolute Gasteiger partial charge is 0.329 e. The minimum absolute atomic E-state index is 0.587. The first-order valence-electron chi connectivity index (χ1n) is 5.28. The molecule has 0 fully saturated rings. The summed E-state index contributed by atoms with van der Waals surface area (Å²) in [5.41, 5.74) is 2.55. The molecule has 0 unspecified atom stereocenters. The van der Waals surface area contributed by atoms with Gasteiger partial charge in [0.2, 0.25) is 0 Å². The van der Waals surface area contributed by atoms with Gasteiger partial charge in [-0.25, -0.2) is 4.98 Å². The second-order valence-corrected chi connectivity index (χ2v) is 6.48. The van der Waals surface area contributed by atoms with E-state index in [0.717, 1.165) is 25.8 Å². The van der Waals surface area contributed by atoms with Gasteiger partial charge in [0.1, 0.15) is 0 Å². The van der Waals surface area contributed by atoms with Gasteiger partial charge in [0.15, 0.2) is 10.4 Å². The minimum atomic E-state index is 0.587. The van der Waals surface area contributed by atoms with Crippen molar-refractivity contribution in [3.63, 3.8) is 0 Å². The number of aromatic nitrogens is 3. The fourth-order valence-electron chi connectivity index (χ4n) is 1.86. The van der Waals surface area contributed by atoms with E-state index in [1.165, 1.54) is 0 Å². The van der Waals surface area contributed by atoms with Gasteiger partial charge in [-0.05, 0) is 68.3 Å². The molecule has 0 saturated carbocycles. The van der Waals surface area contributed by atoms with Crippen molar-refractivity contribution in [2.75, 3.05) is 0 Å². The van der Waals surface area contributed by atoms with Gasteiger partial charge in [-0.3, -0.25) is 4.57 Å². The van der Waals surface area contributed by atoms with Crippen molar-refractivity contribution in [2.45, 2.75) is 0 Å². The van der Waals surface area contributed by atoms with E-state index in [-0.39, 0.29) is 0 Å². The van der Waals surface area contributed by atoms with Gasteiger partial charge >= 0.3 is 0 Å². The summed E-state index contributed by atoms with van der Waals surface area (Å²) < 4.78 is 4.22. The van der Waals surface area contributed by atoms with E-state index in [1.807, 2.05) is 28.8 Å². The lowest BCUT2D eigenvalue weighted by atomic mass is 10.3. The molecular formula is C12H6Br2ClN3S. The molecule has 3 aromatic rings. The highest BCUT2D eigenvalue weighted by atomic mass is 79.9. The van der Waals surface area contributed by atoms with Crippen molar-refractivity contribution >= 4 is 66.8 Å². The van der Waals surface area contributed by atoms with E-state index in [4.69, 9.17) is 23.8 Å². The lowest BCUT2D eigenvalue weighted by Crippen LogP contribution is -1.96. The number of nitrogens with one attached hydrogen (secondary N) is 1. The van der Waals surface area contributed by atoms with Crippen molar-refractivity contribution in [2.24, 2.45) is 0 Å². The van der Waals surface area contributed by atoms with Gasteiger partial charge in [-0.1, -0.05) is 11.6 Å². The van der Waals surface area contributed by atoms with Crippen LogP contribution in [0.5, 0.6) is 0 Å². The summed E-state index contributed by atoms with van der Waals surface area (Å²) in [7, 11) is 0. The van der Waals surface area contributed by atoms with Crippen molar-refractivity contribution in [3.8, 4) is 5.69 Å². The molecule has 1 aromatic carbocycles. The predicted molar refractivity (Wildman–Crippen MR) is 86.7 cm³/mol. The average Bonchev–Trinajstić information content (AvgIpc) is 2.65. The van der Waals surface area contributed by atoms with E-state index in [2.05, 4.69) is 41.8 Å². The molecule has 0 aliphatic heterocycles. The van der Waals surface area contributed by atoms with Gasteiger partial charge in [-0.15, -0.1) is 0 Å². The van der Waals surface area contributed by atoms with Gasteiger partial charge < -0.3 is 4.98 Å². The molecule has 0 saturated heterocycles. The van der Waals surface area contributed by atoms with Crippen molar-refractivity contribution in [3.05, 3.63) is 49.2 Å². The maximum absolute atomic E-state index is 5.96. The topological polar surface area (TPSA) is 33.6 Å². The summed E-state index contributed by atoms with van der Waals surface area (Å²) >= 11 is 18.2. The number of halogens is 3. The van der Waals surface area contributed by atoms with Crippen molar-refractivity contribution < 1.29 is 0 Å². The number of imidazole rings is 1. The Labute approximate surface area is 135 Å². The number of hydrogen-bond acceptors (Lipinski definition) is 2. The van der Waals surface area contributed by atoms with Crippen LogP contribution in [0.2, 0.25) is 5.02 Å². The molecule has 0 aliphatic rings. The molecule has 3 rings (SSSR count). The third-order valence-electron chi connectivity index (χ3n) is 2.64. The summed E-state index contributed by atoms with van der Waals surface area (Å²) in [6.45, 7) is 0. The number of pyridine rings is 1. The molecular weight excluding hydrogens is 413 g/mol. The van der Waals surface area contributed by atoms with Gasteiger partial charge in [-0.2, -0.15) is 0 Å². The molecule has 7 heteroatoms. The molecule has 0 amide bonds. The summed E-state index contributed by atoms with van der Waals surface area (Å²) in [6, 6.07) is 7.50. The first-order chi connectivity index (χ1) is 9.06. The van der Waals surface area contributed by atoms with Crippen LogP contribution < -0.4 is 0 Å². The highest BCUT2D eigenvalue weighted by Crippen LogP contribution is 2.28. The van der Waals surface area contributed by atoms with Crippen LogP contribution in [0, 0.1) is 4.77 Å². The summed E-state index contributed by atoms with van der Waals surface area (Å²) in [6.07, 6.45) is 1.74. The van der Waals surface area contributed by atoms with E-state index in [9.17, 15) is 0 Å². The third-order valence-corrected chi connectivity index (χ3v) is 4.23. The maximum Gasteiger partial charge on any atom is 0.184 e. The Balaban J connectivity index is 2.36. The zero-order valence-corrected chi connectivity index (χ0v) is 14.1. The van der Waals surface area contributed by atoms with Crippen molar-refractivity contribution in [1.82, 2.24) is 14.5 Å². The number of H-pyrrole nitrogens is 1. The fourth-order valence-corrected chi connectivity index (χ4v) is 3.34. The Bertz CT molecular complexity index is 841. The van der Waals surface area contributed by atoms with E-state index in [1.54, 1.807) is 6.20 Å². The number of aromatic amines is 1. The quantitative estimate of drug-likeness (QED) is 0.546. The van der Waals surface area contributed by atoms with Crippen molar-refractivity contribution in [1.29, 1.82) is 0 Å². The Morgan fingerprint density at radius 3 is 2.79 bits per heavy atom. The molecule has 0 atom stereocenters. The SMILES string of the molecule is S=c1[nH]c2cc(Br)cnc2n1-c1ccc(Cl)cc1Br. The second kappa shape index (κ2) is 5.01. The molecule has 3 nitrogen and oxygen atoms in total. The Kier molecular flexibility index (Phi) is 3.51. The van der Waals surface area contributed by atoms with Crippen LogP contribution in [0.3, 0.4) is 0 Å². The monoisotopic (exact) mass is 417 g/mol. The van der Waals surface area contributed by atoms with Crippen LogP contribution in [0.1, 0.15) is 0 Å². The van der Waals surface area contributed by atoms with Crippen LogP contribution in [0.15, 0.2) is 39.4 Å². The molecule has 0 radical (unpaired) electrons. The van der Waals surface area contributed by atoms with Crippen LogP contribution in [0.25, 0.3) is 16.9 Å².